The summed E-state index contributed by atoms with van der Waals surface area (Å²) in [4.78, 5) is 4.22. The van der Waals surface area contributed by atoms with Gasteiger partial charge in [0.15, 0.2) is 0 Å². The van der Waals surface area contributed by atoms with E-state index in [0.29, 0.717) is 16.6 Å². The minimum Gasteiger partial charge on any atom is -0.369 e. The van der Waals surface area contributed by atoms with Crippen LogP contribution >= 0.6 is 0 Å². The van der Waals surface area contributed by atoms with Gasteiger partial charge >= 0.3 is 0 Å². The highest BCUT2D eigenvalue weighted by Crippen LogP contribution is 2.28. The van der Waals surface area contributed by atoms with Crippen LogP contribution in [0.2, 0.25) is 0 Å². The first-order valence-electron chi connectivity index (χ1n) is 6.66. The van der Waals surface area contributed by atoms with Crippen molar-refractivity contribution >= 4 is 17.0 Å². The van der Waals surface area contributed by atoms with Gasteiger partial charge in [-0.3, -0.25) is 0 Å². The quantitative estimate of drug-likeness (QED) is 0.778. The molecule has 0 saturated heterocycles. The van der Waals surface area contributed by atoms with E-state index >= 15 is 0 Å². The number of rotatable bonds is 2. The molecular weight excluding hydrogens is 272 g/mol. The lowest BCUT2D eigenvalue weighted by atomic mass is 10.1. The summed E-state index contributed by atoms with van der Waals surface area (Å²) >= 11 is 0. The molecule has 3 nitrogen and oxygen atoms in total. The highest BCUT2D eigenvalue weighted by atomic mass is 19.1. The van der Waals surface area contributed by atoms with E-state index in [1.165, 1.54) is 18.2 Å². The number of nitrogens with zero attached hydrogens (tertiary/aromatic N) is 2. The van der Waals surface area contributed by atoms with E-state index in [0.717, 1.165) is 5.56 Å². The molecule has 0 spiro atoms. The molecule has 5 heteroatoms. The van der Waals surface area contributed by atoms with Gasteiger partial charge in [-0.05, 0) is 49.2 Å². The third kappa shape index (κ3) is 2.24. The zero-order valence-electron chi connectivity index (χ0n) is 11.8. The number of nitrogen functional groups attached to an aromatic ring is 1. The number of halogens is 2. The minimum atomic E-state index is -0.356. The van der Waals surface area contributed by atoms with Crippen LogP contribution in [0, 0.1) is 18.6 Å². The third-order valence-electron chi connectivity index (χ3n) is 3.74. The third-order valence-corrected chi connectivity index (χ3v) is 3.74. The molecule has 3 aromatic rings. The standard InChI is InChI=1S/C16H15F2N3/c1-9-3-4-11(7-13(9)18)10(2)21-15-8-12(17)5-6-14(15)20-16(21)19/h3-8,10H,1-2H3,(H2,19,20). The van der Waals surface area contributed by atoms with Crippen LogP contribution in [0.15, 0.2) is 36.4 Å². The van der Waals surface area contributed by atoms with Crippen molar-refractivity contribution in [3.8, 4) is 0 Å². The lowest BCUT2D eigenvalue weighted by Crippen LogP contribution is -2.10. The van der Waals surface area contributed by atoms with Crippen LogP contribution in [-0.4, -0.2) is 9.55 Å². The summed E-state index contributed by atoms with van der Waals surface area (Å²) < 4.78 is 28.9. The van der Waals surface area contributed by atoms with E-state index in [-0.39, 0.29) is 23.6 Å². The van der Waals surface area contributed by atoms with Crippen LogP contribution in [0.4, 0.5) is 14.7 Å². The Morgan fingerprint density at radius 3 is 2.62 bits per heavy atom. The van der Waals surface area contributed by atoms with Gasteiger partial charge in [0.05, 0.1) is 17.1 Å². The molecule has 0 aliphatic heterocycles. The Labute approximate surface area is 121 Å². The summed E-state index contributed by atoms with van der Waals surface area (Å²) in [5.74, 6) is -0.344. The minimum absolute atomic E-state index is 0.244. The highest BCUT2D eigenvalue weighted by Gasteiger charge is 2.17. The molecule has 3 rings (SSSR count). The normalized spacial score (nSPS) is 12.8. The molecule has 2 aromatic carbocycles. The molecule has 0 fully saturated rings. The topological polar surface area (TPSA) is 43.8 Å². The second-order valence-electron chi connectivity index (χ2n) is 5.16. The molecular formula is C16H15F2N3. The Balaban J connectivity index is 2.16. The average Bonchev–Trinajstić information content (AvgIpc) is 2.76. The molecule has 108 valence electrons. The van der Waals surface area contributed by atoms with Crippen LogP contribution in [0.1, 0.15) is 24.1 Å². The van der Waals surface area contributed by atoms with E-state index in [9.17, 15) is 8.78 Å². The average molecular weight is 287 g/mol. The molecule has 1 unspecified atom stereocenters. The highest BCUT2D eigenvalue weighted by molar-refractivity contribution is 5.78. The Morgan fingerprint density at radius 1 is 1.14 bits per heavy atom. The van der Waals surface area contributed by atoms with E-state index in [2.05, 4.69) is 4.98 Å². The number of benzene rings is 2. The molecule has 1 atom stereocenters. The Bertz CT molecular complexity index is 824. The van der Waals surface area contributed by atoms with Crippen LogP contribution < -0.4 is 5.73 Å². The first kappa shape index (κ1) is 13.5. The zero-order chi connectivity index (χ0) is 15.1. The fourth-order valence-corrected chi connectivity index (χ4v) is 2.51. The molecule has 0 saturated carbocycles. The van der Waals surface area contributed by atoms with Crippen molar-refractivity contribution in [3.05, 3.63) is 59.2 Å². The van der Waals surface area contributed by atoms with Crippen molar-refractivity contribution in [2.24, 2.45) is 0 Å². The lowest BCUT2D eigenvalue weighted by molar-refractivity contribution is 0.603. The predicted molar refractivity (Wildman–Crippen MR) is 79.1 cm³/mol. The maximum absolute atomic E-state index is 13.7. The van der Waals surface area contributed by atoms with Crippen LogP contribution in [0.3, 0.4) is 0 Å². The number of hydrogen-bond donors (Lipinski definition) is 1. The first-order chi connectivity index (χ1) is 9.97. The van der Waals surface area contributed by atoms with Crippen LogP contribution in [0.5, 0.6) is 0 Å². The van der Waals surface area contributed by atoms with Crippen molar-refractivity contribution in [1.29, 1.82) is 0 Å². The molecule has 0 aliphatic carbocycles. The number of imidazole rings is 1. The SMILES string of the molecule is Cc1ccc(C(C)n2c(N)nc3ccc(F)cc32)cc1F. The number of nitrogens with two attached hydrogens (primary N) is 1. The number of fused-ring (bicyclic) bond motifs is 1. The summed E-state index contributed by atoms with van der Waals surface area (Å²) in [6, 6.07) is 9.11. The van der Waals surface area contributed by atoms with Gasteiger partial charge in [0, 0.05) is 0 Å². The Hall–Kier alpha value is -2.43. The first-order valence-corrected chi connectivity index (χ1v) is 6.66. The second kappa shape index (κ2) is 4.84. The van der Waals surface area contributed by atoms with Crippen LogP contribution in [0.25, 0.3) is 11.0 Å². The van der Waals surface area contributed by atoms with Crippen molar-refractivity contribution in [2.75, 3.05) is 5.73 Å². The summed E-state index contributed by atoms with van der Waals surface area (Å²) in [6.07, 6.45) is 0. The molecule has 0 aliphatic rings. The van der Waals surface area contributed by atoms with Crippen molar-refractivity contribution < 1.29 is 8.78 Å². The van der Waals surface area contributed by atoms with Gasteiger partial charge in [-0.2, -0.15) is 0 Å². The molecule has 1 heterocycles. The monoisotopic (exact) mass is 287 g/mol. The maximum Gasteiger partial charge on any atom is 0.201 e. The lowest BCUT2D eigenvalue weighted by Gasteiger charge is -2.17. The largest absolute Gasteiger partial charge is 0.369 e. The Kier molecular flexibility index (Phi) is 3.12. The summed E-state index contributed by atoms with van der Waals surface area (Å²) in [5, 5.41) is 0. The Morgan fingerprint density at radius 2 is 1.90 bits per heavy atom. The molecule has 1 aromatic heterocycles. The van der Waals surface area contributed by atoms with E-state index in [4.69, 9.17) is 5.73 Å². The number of anilines is 1. The van der Waals surface area contributed by atoms with Gasteiger partial charge in [-0.25, -0.2) is 13.8 Å². The van der Waals surface area contributed by atoms with Gasteiger partial charge < -0.3 is 10.3 Å². The van der Waals surface area contributed by atoms with Crippen LogP contribution in [-0.2, 0) is 0 Å². The van der Waals surface area contributed by atoms with Crippen molar-refractivity contribution in [3.63, 3.8) is 0 Å². The number of aryl methyl sites for hydroxylation is 1. The smallest absolute Gasteiger partial charge is 0.201 e. The fourth-order valence-electron chi connectivity index (χ4n) is 2.51. The fraction of sp³-hybridized carbons (Fsp3) is 0.188. The van der Waals surface area contributed by atoms with Gasteiger partial charge in [-0.1, -0.05) is 12.1 Å². The van der Waals surface area contributed by atoms with Crippen molar-refractivity contribution in [1.82, 2.24) is 9.55 Å². The predicted octanol–water partition coefficient (Wildman–Crippen LogP) is 3.81. The summed E-state index contributed by atoms with van der Waals surface area (Å²) in [5.41, 5.74) is 8.50. The van der Waals surface area contributed by atoms with Gasteiger partial charge in [0.2, 0.25) is 5.95 Å². The van der Waals surface area contributed by atoms with E-state index < -0.39 is 0 Å². The van der Waals surface area contributed by atoms with Gasteiger partial charge in [0.1, 0.15) is 11.6 Å². The zero-order valence-corrected chi connectivity index (χ0v) is 11.8. The second-order valence-corrected chi connectivity index (χ2v) is 5.16. The maximum atomic E-state index is 13.7. The summed E-state index contributed by atoms with van der Waals surface area (Å²) in [7, 11) is 0. The number of hydrogen-bond acceptors (Lipinski definition) is 2. The van der Waals surface area contributed by atoms with Crippen molar-refractivity contribution in [2.45, 2.75) is 19.9 Å². The molecule has 0 radical (unpaired) electrons. The van der Waals surface area contributed by atoms with E-state index in [1.807, 2.05) is 13.0 Å². The summed E-state index contributed by atoms with van der Waals surface area (Å²) in [6.45, 7) is 3.59. The van der Waals surface area contributed by atoms with E-state index in [1.54, 1.807) is 23.6 Å². The van der Waals surface area contributed by atoms with Gasteiger partial charge in [-0.15, -0.1) is 0 Å². The molecule has 0 bridgehead atoms. The molecule has 21 heavy (non-hydrogen) atoms. The van der Waals surface area contributed by atoms with Gasteiger partial charge in [0.25, 0.3) is 0 Å². The molecule has 2 N–H and O–H groups in total. The number of aromatic nitrogens is 2. The molecule has 0 amide bonds.